The molecule has 0 N–H and O–H groups in total. The van der Waals surface area contributed by atoms with Gasteiger partial charge in [-0.2, -0.15) is 4.80 Å². The van der Waals surface area contributed by atoms with E-state index in [1.165, 1.54) is 0 Å². The fourth-order valence-electron chi connectivity index (χ4n) is 8.02. The van der Waals surface area contributed by atoms with Gasteiger partial charge in [-0.05, 0) is 35.4 Å². The molecule has 0 radical (unpaired) electrons. The number of hydrogen-bond acceptors (Lipinski definition) is 5. The minimum atomic E-state index is 0.690. The molecule has 0 aliphatic heterocycles. The molecule has 276 valence electrons. The maximum absolute atomic E-state index is 5.55. The minimum absolute atomic E-state index is 0.690. The minimum Gasteiger partial charge on any atom is -0.246 e. The van der Waals surface area contributed by atoms with Crippen LogP contribution in [0.25, 0.3) is 106 Å². The van der Waals surface area contributed by atoms with E-state index in [-0.39, 0.29) is 0 Å². The Kier molecular flexibility index (Phi) is 8.37. The van der Waals surface area contributed by atoms with Crippen LogP contribution in [0.3, 0.4) is 0 Å². The van der Waals surface area contributed by atoms with Crippen molar-refractivity contribution in [2.24, 2.45) is 0 Å². The number of benzene rings is 8. The predicted molar refractivity (Wildman–Crippen MR) is 240 cm³/mol. The van der Waals surface area contributed by atoms with E-state index < -0.39 is 0 Å². The van der Waals surface area contributed by atoms with Crippen LogP contribution in [-0.2, 0) is 0 Å². The molecule has 0 aliphatic rings. The van der Waals surface area contributed by atoms with Gasteiger partial charge in [0.25, 0.3) is 0 Å². The largest absolute Gasteiger partial charge is 0.246 e. The van der Waals surface area contributed by atoms with Gasteiger partial charge in [-0.25, -0.2) is 15.0 Å². The third kappa shape index (κ3) is 6.20. The van der Waals surface area contributed by atoms with Crippen LogP contribution in [0.15, 0.2) is 206 Å². The highest BCUT2D eigenvalue weighted by Crippen LogP contribution is 2.43. The lowest BCUT2D eigenvalue weighted by Gasteiger charge is -2.15. The van der Waals surface area contributed by atoms with Crippen molar-refractivity contribution in [1.82, 2.24) is 29.9 Å². The summed E-state index contributed by atoms with van der Waals surface area (Å²) in [6.07, 6.45) is 0. The number of fused-ring (bicyclic) bond motifs is 5. The molecule has 59 heavy (non-hydrogen) atoms. The molecule has 0 bridgehead atoms. The summed E-state index contributed by atoms with van der Waals surface area (Å²) in [4.78, 5) is 17.4. The third-order valence-electron chi connectivity index (χ3n) is 10.9. The SMILES string of the molecule is c1ccc(-c2cc(-c3ccc(-c4cccc5c4nc(-c4ccccc4)c4cc(-c6ccccc6)c6nn(-c7ccccc7)nc6c45)cc3)nc(-c3ccccc3)n2)cc1. The van der Waals surface area contributed by atoms with Crippen LogP contribution in [-0.4, -0.2) is 29.9 Å². The molecule has 0 unspecified atom stereocenters. The number of pyridine rings is 1. The van der Waals surface area contributed by atoms with E-state index in [1.807, 2.05) is 78.9 Å². The van der Waals surface area contributed by atoms with Gasteiger partial charge >= 0.3 is 0 Å². The molecular weight excluding hydrogens is 721 g/mol. The second kappa shape index (κ2) is 14.4. The molecule has 0 aliphatic carbocycles. The fourth-order valence-corrected chi connectivity index (χ4v) is 8.02. The van der Waals surface area contributed by atoms with Crippen LogP contribution in [0.1, 0.15) is 0 Å². The summed E-state index contributed by atoms with van der Waals surface area (Å²) >= 11 is 0. The molecular formula is C53H34N6. The molecule has 11 aromatic rings. The van der Waals surface area contributed by atoms with Gasteiger partial charge in [0.15, 0.2) is 5.82 Å². The zero-order chi connectivity index (χ0) is 39.1. The molecule has 3 heterocycles. The second-order valence-electron chi connectivity index (χ2n) is 14.5. The summed E-state index contributed by atoms with van der Waals surface area (Å²) in [6.45, 7) is 0. The molecule has 0 saturated heterocycles. The average molecular weight is 755 g/mol. The Morgan fingerprint density at radius 1 is 0.322 bits per heavy atom. The number of aromatic nitrogens is 6. The van der Waals surface area contributed by atoms with Crippen LogP contribution >= 0.6 is 0 Å². The van der Waals surface area contributed by atoms with Gasteiger partial charge in [-0.1, -0.05) is 182 Å². The molecule has 6 nitrogen and oxygen atoms in total. The summed E-state index contributed by atoms with van der Waals surface area (Å²) in [5.74, 6) is 0.690. The highest BCUT2D eigenvalue weighted by Gasteiger charge is 2.22. The van der Waals surface area contributed by atoms with Crippen LogP contribution in [0, 0.1) is 0 Å². The quantitative estimate of drug-likeness (QED) is 0.152. The molecule has 0 atom stereocenters. The van der Waals surface area contributed by atoms with E-state index in [9.17, 15) is 0 Å². The first-order valence-electron chi connectivity index (χ1n) is 19.7. The van der Waals surface area contributed by atoms with Crippen molar-refractivity contribution in [2.45, 2.75) is 0 Å². The second-order valence-corrected chi connectivity index (χ2v) is 14.5. The Hall–Kier alpha value is -8.09. The molecule has 0 spiro atoms. The first-order valence-corrected chi connectivity index (χ1v) is 19.7. The zero-order valence-electron chi connectivity index (χ0n) is 31.8. The van der Waals surface area contributed by atoms with E-state index in [0.717, 1.165) is 100.0 Å². The number of hydrogen-bond donors (Lipinski definition) is 0. The molecule has 6 heteroatoms. The number of para-hydroxylation sites is 2. The molecule has 0 saturated carbocycles. The van der Waals surface area contributed by atoms with Gasteiger partial charge in [-0.15, -0.1) is 10.2 Å². The van der Waals surface area contributed by atoms with E-state index >= 15 is 0 Å². The van der Waals surface area contributed by atoms with Crippen molar-refractivity contribution in [2.75, 3.05) is 0 Å². The van der Waals surface area contributed by atoms with E-state index in [0.29, 0.717) is 5.82 Å². The van der Waals surface area contributed by atoms with Crippen LogP contribution in [0.4, 0.5) is 0 Å². The Balaban J connectivity index is 1.12. The molecule has 11 rings (SSSR count). The van der Waals surface area contributed by atoms with Gasteiger partial charge in [0.1, 0.15) is 11.0 Å². The summed E-state index contributed by atoms with van der Waals surface area (Å²) in [6, 6.07) is 70.8. The van der Waals surface area contributed by atoms with Crippen LogP contribution < -0.4 is 0 Å². The van der Waals surface area contributed by atoms with Gasteiger partial charge in [0.05, 0.1) is 28.3 Å². The maximum atomic E-state index is 5.55. The number of nitrogens with zero attached hydrogens (tertiary/aromatic N) is 6. The third-order valence-corrected chi connectivity index (χ3v) is 10.9. The topological polar surface area (TPSA) is 69.4 Å². The lowest BCUT2D eigenvalue weighted by atomic mass is 9.92. The van der Waals surface area contributed by atoms with Gasteiger partial charge in [0.2, 0.25) is 0 Å². The smallest absolute Gasteiger partial charge is 0.160 e. The fraction of sp³-hybridized carbons (Fsp3) is 0. The lowest BCUT2D eigenvalue weighted by Crippen LogP contribution is -1.97. The molecule has 0 fully saturated rings. The highest BCUT2D eigenvalue weighted by molar-refractivity contribution is 6.24. The highest BCUT2D eigenvalue weighted by atomic mass is 15.5. The lowest BCUT2D eigenvalue weighted by molar-refractivity contribution is 0.766. The van der Waals surface area contributed by atoms with E-state index in [4.69, 9.17) is 25.1 Å². The molecule has 0 amide bonds. The first kappa shape index (κ1) is 34.2. The standard InChI is InChI=1S/C53H34N6/c1-6-17-35(18-7-1)44-33-45-48(52-51(44)57-59(58-52)41-25-14-5-15-26-41)43-28-16-27-42(50(43)56-49(45)39-21-10-3-11-22-39)36-29-31-38(32-30-36)47-34-46(37-19-8-2-9-20-37)54-53(55-47)40-23-12-4-13-24-40/h1-34H. The summed E-state index contributed by atoms with van der Waals surface area (Å²) in [7, 11) is 0. The number of rotatable bonds is 7. The van der Waals surface area contributed by atoms with Gasteiger partial charge in [0, 0.05) is 49.5 Å². The summed E-state index contributed by atoms with van der Waals surface area (Å²) < 4.78 is 0. The Morgan fingerprint density at radius 2 is 0.831 bits per heavy atom. The maximum Gasteiger partial charge on any atom is 0.160 e. The monoisotopic (exact) mass is 754 g/mol. The zero-order valence-corrected chi connectivity index (χ0v) is 31.8. The van der Waals surface area contributed by atoms with E-state index in [2.05, 4.69) is 127 Å². The Morgan fingerprint density at radius 3 is 1.47 bits per heavy atom. The average Bonchev–Trinajstić information content (AvgIpc) is 3.78. The Bertz CT molecular complexity index is 3220. The summed E-state index contributed by atoms with van der Waals surface area (Å²) in [5, 5.41) is 13.5. The van der Waals surface area contributed by atoms with Crippen molar-refractivity contribution in [3.63, 3.8) is 0 Å². The van der Waals surface area contributed by atoms with Crippen LogP contribution in [0.2, 0.25) is 0 Å². The van der Waals surface area contributed by atoms with Crippen molar-refractivity contribution >= 4 is 32.7 Å². The van der Waals surface area contributed by atoms with Crippen molar-refractivity contribution in [3.05, 3.63) is 206 Å². The van der Waals surface area contributed by atoms with Crippen molar-refractivity contribution in [1.29, 1.82) is 0 Å². The van der Waals surface area contributed by atoms with E-state index in [1.54, 1.807) is 4.80 Å². The molecule has 8 aromatic carbocycles. The summed E-state index contributed by atoms with van der Waals surface area (Å²) in [5.41, 5.74) is 14.3. The normalized spacial score (nSPS) is 11.4. The Labute approximate surface area is 340 Å². The van der Waals surface area contributed by atoms with Crippen molar-refractivity contribution < 1.29 is 0 Å². The van der Waals surface area contributed by atoms with Crippen molar-refractivity contribution in [3.8, 4) is 73.1 Å². The van der Waals surface area contributed by atoms with Crippen LogP contribution in [0.5, 0.6) is 0 Å². The van der Waals surface area contributed by atoms with Gasteiger partial charge < -0.3 is 0 Å². The first-order chi connectivity index (χ1) is 29.2. The molecule has 3 aromatic heterocycles. The predicted octanol–water partition coefficient (Wildman–Crippen LogP) is 12.9. The van der Waals surface area contributed by atoms with Gasteiger partial charge in [-0.3, -0.25) is 0 Å².